The SMILES string of the molecule is C=CC.CC(C)(C)OC(=O)NCC(=O)CCc1ccccc1.CS. The van der Waals surface area contributed by atoms with Crippen LogP contribution in [0.3, 0.4) is 0 Å². The number of carbonyl (C=O) groups is 2. The number of alkyl carbamates (subject to hydrolysis) is 1. The van der Waals surface area contributed by atoms with Crippen molar-refractivity contribution in [2.24, 2.45) is 0 Å². The summed E-state index contributed by atoms with van der Waals surface area (Å²) in [5, 5.41) is 2.46. The Morgan fingerprint density at radius 2 is 1.71 bits per heavy atom. The molecule has 5 heteroatoms. The second-order valence-electron chi connectivity index (χ2n) is 5.79. The number of nitrogens with one attached hydrogen (secondary N) is 1. The van der Waals surface area contributed by atoms with Gasteiger partial charge < -0.3 is 10.1 Å². The van der Waals surface area contributed by atoms with E-state index < -0.39 is 11.7 Å². The lowest BCUT2D eigenvalue weighted by atomic mass is 10.1. The van der Waals surface area contributed by atoms with Gasteiger partial charge in [-0.1, -0.05) is 36.4 Å². The fraction of sp³-hybridized carbons (Fsp3) is 0.474. The Balaban J connectivity index is 0. The van der Waals surface area contributed by atoms with Crippen LogP contribution < -0.4 is 5.32 Å². The van der Waals surface area contributed by atoms with Crippen molar-refractivity contribution in [3.63, 3.8) is 0 Å². The van der Waals surface area contributed by atoms with Gasteiger partial charge in [0, 0.05) is 6.42 Å². The Morgan fingerprint density at radius 1 is 1.21 bits per heavy atom. The fourth-order valence-electron chi connectivity index (χ4n) is 1.50. The van der Waals surface area contributed by atoms with Crippen molar-refractivity contribution in [2.45, 2.75) is 46.1 Å². The molecule has 0 aliphatic heterocycles. The number of hydrogen-bond donors (Lipinski definition) is 2. The molecular formula is C19H31NO3S. The minimum absolute atomic E-state index is 0.00490. The van der Waals surface area contributed by atoms with E-state index >= 15 is 0 Å². The van der Waals surface area contributed by atoms with Gasteiger partial charge in [0.05, 0.1) is 6.54 Å². The van der Waals surface area contributed by atoms with Crippen molar-refractivity contribution in [2.75, 3.05) is 12.8 Å². The lowest BCUT2D eigenvalue weighted by Gasteiger charge is -2.19. The first-order chi connectivity index (χ1) is 11.3. The molecule has 24 heavy (non-hydrogen) atoms. The van der Waals surface area contributed by atoms with Crippen molar-refractivity contribution in [3.05, 3.63) is 48.6 Å². The van der Waals surface area contributed by atoms with Crippen LogP contribution in [-0.2, 0) is 16.0 Å². The summed E-state index contributed by atoms with van der Waals surface area (Å²) >= 11 is 3.53. The second kappa shape index (κ2) is 14.8. The third kappa shape index (κ3) is 16.6. The fourth-order valence-corrected chi connectivity index (χ4v) is 1.50. The van der Waals surface area contributed by atoms with E-state index in [1.807, 2.05) is 37.3 Å². The van der Waals surface area contributed by atoms with Gasteiger partial charge in [-0.2, -0.15) is 12.6 Å². The molecule has 0 heterocycles. The second-order valence-corrected chi connectivity index (χ2v) is 5.79. The number of allylic oxidation sites excluding steroid dienone is 1. The van der Waals surface area contributed by atoms with Gasteiger partial charge in [0.2, 0.25) is 0 Å². The Kier molecular flexibility index (Phi) is 15.1. The predicted molar refractivity (Wildman–Crippen MR) is 105 cm³/mol. The number of aryl methyl sites for hydroxylation is 1. The molecule has 0 spiro atoms. The van der Waals surface area contributed by atoms with Crippen LogP contribution in [0.5, 0.6) is 0 Å². The molecule has 1 rings (SSSR count). The van der Waals surface area contributed by atoms with Gasteiger partial charge in [0.1, 0.15) is 5.60 Å². The van der Waals surface area contributed by atoms with Crippen molar-refractivity contribution in [1.29, 1.82) is 0 Å². The molecule has 0 aliphatic rings. The van der Waals surface area contributed by atoms with Crippen LogP contribution in [0.2, 0.25) is 0 Å². The molecule has 0 bridgehead atoms. The third-order valence-electron chi connectivity index (χ3n) is 2.36. The first-order valence-electron chi connectivity index (χ1n) is 7.82. The lowest BCUT2D eigenvalue weighted by molar-refractivity contribution is -0.118. The minimum atomic E-state index is -0.555. The number of hydrogen-bond acceptors (Lipinski definition) is 4. The van der Waals surface area contributed by atoms with E-state index in [9.17, 15) is 9.59 Å². The van der Waals surface area contributed by atoms with E-state index in [-0.39, 0.29) is 12.3 Å². The molecule has 0 fully saturated rings. The molecule has 1 N–H and O–H groups in total. The highest BCUT2D eigenvalue weighted by Crippen LogP contribution is 2.06. The van der Waals surface area contributed by atoms with Crippen LogP contribution in [-0.4, -0.2) is 30.3 Å². The average molecular weight is 354 g/mol. The van der Waals surface area contributed by atoms with Gasteiger partial charge >= 0.3 is 6.09 Å². The lowest BCUT2D eigenvalue weighted by Crippen LogP contribution is -2.35. The number of thiol groups is 1. The molecule has 4 nitrogen and oxygen atoms in total. The van der Waals surface area contributed by atoms with E-state index in [1.54, 1.807) is 33.1 Å². The van der Waals surface area contributed by atoms with Crippen LogP contribution in [0, 0.1) is 0 Å². The summed E-state index contributed by atoms with van der Waals surface area (Å²) in [4.78, 5) is 23.0. The molecule has 1 amide bonds. The van der Waals surface area contributed by atoms with Gasteiger partial charge in [0.25, 0.3) is 0 Å². The molecule has 1 aromatic carbocycles. The van der Waals surface area contributed by atoms with Gasteiger partial charge in [-0.05, 0) is 45.9 Å². The molecule has 0 saturated heterocycles. The van der Waals surface area contributed by atoms with E-state index in [1.165, 1.54) is 0 Å². The number of carbonyl (C=O) groups excluding carboxylic acids is 2. The van der Waals surface area contributed by atoms with Gasteiger partial charge in [-0.25, -0.2) is 4.79 Å². The molecule has 0 aliphatic carbocycles. The third-order valence-corrected chi connectivity index (χ3v) is 2.36. The van der Waals surface area contributed by atoms with Gasteiger partial charge in [-0.15, -0.1) is 6.58 Å². The minimum Gasteiger partial charge on any atom is -0.444 e. The average Bonchev–Trinajstić information content (AvgIpc) is 2.53. The maximum absolute atomic E-state index is 11.6. The number of rotatable bonds is 5. The first kappa shape index (κ1) is 24.5. The van der Waals surface area contributed by atoms with Gasteiger partial charge in [0.15, 0.2) is 5.78 Å². The van der Waals surface area contributed by atoms with E-state index in [0.29, 0.717) is 12.8 Å². The normalized spacial score (nSPS) is 9.42. The van der Waals surface area contributed by atoms with Crippen LogP contribution in [0.4, 0.5) is 4.79 Å². The van der Waals surface area contributed by atoms with E-state index in [2.05, 4.69) is 24.5 Å². The molecule has 0 atom stereocenters. The zero-order chi connectivity index (χ0) is 19.0. The molecule has 1 aromatic rings. The zero-order valence-corrected chi connectivity index (χ0v) is 16.4. The monoisotopic (exact) mass is 353 g/mol. The van der Waals surface area contributed by atoms with Crippen LogP contribution in [0.1, 0.15) is 39.7 Å². The van der Waals surface area contributed by atoms with Crippen LogP contribution >= 0.6 is 12.6 Å². The summed E-state index contributed by atoms with van der Waals surface area (Å²) < 4.78 is 5.05. The maximum atomic E-state index is 11.6. The highest BCUT2D eigenvalue weighted by molar-refractivity contribution is 7.79. The summed E-state index contributed by atoms with van der Waals surface area (Å²) in [7, 11) is 0. The van der Waals surface area contributed by atoms with Crippen molar-refractivity contribution in [3.8, 4) is 0 Å². The van der Waals surface area contributed by atoms with Crippen molar-refractivity contribution < 1.29 is 14.3 Å². The smallest absolute Gasteiger partial charge is 0.408 e. The summed E-state index contributed by atoms with van der Waals surface area (Å²) in [6.45, 7) is 10.6. The Labute approximate surface area is 152 Å². The summed E-state index contributed by atoms with van der Waals surface area (Å²) in [6, 6.07) is 9.79. The zero-order valence-electron chi connectivity index (χ0n) is 15.5. The number of benzene rings is 1. The van der Waals surface area contributed by atoms with Gasteiger partial charge in [-0.3, -0.25) is 4.79 Å². The van der Waals surface area contributed by atoms with Crippen molar-refractivity contribution >= 4 is 24.5 Å². The molecule has 0 unspecified atom stereocenters. The molecular weight excluding hydrogens is 322 g/mol. The first-order valence-corrected chi connectivity index (χ1v) is 8.72. The largest absolute Gasteiger partial charge is 0.444 e. The van der Waals surface area contributed by atoms with Crippen LogP contribution in [0.25, 0.3) is 0 Å². The number of amides is 1. The quantitative estimate of drug-likeness (QED) is 0.607. The number of Topliss-reactive ketones (excluding diaryl/α,β-unsaturated/α-hetero) is 1. The molecule has 136 valence electrons. The summed E-state index contributed by atoms with van der Waals surface area (Å²) in [6.07, 6.45) is 4.00. The number of ether oxygens (including phenoxy) is 1. The highest BCUT2D eigenvalue weighted by Gasteiger charge is 2.16. The Hall–Kier alpha value is -1.75. The number of ketones is 1. The van der Waals surface area contributed by atoms with Crippen LogP contribution in [0.15, 0.2) is 43.0 Å². The summed E-state index contributed by atoms with van der Waals surface area (Å²) in [5.74, 6) is -0.00490. The molecule has 0 radical (unpaired) electrons. The Morgan fingerprint density at radius 3 is 2.17 bits per heavy atom. The predicted octanol–water partition coefficient (Wildman–Crippen LogP) is 4.45. The molecule has 0 aromatic heterocycles. The topological polar surface area (TPSA) is 55.4 Å². The highest BCUT2D eigenvalue weighted by atomic mass is 32.1. The maximum Gasteiger partial charge on any atom is 0.408 e. The Bertz CT molecular complexity index is 467. The van der Waals surface area contributed by atoms with E-state index in [0.717, 1.165) is 5.56 Å². The molecule has 0 saturated carbocycles. The standard InChI is InChI=1S/C15H21NO3.C3H6.CH4S/c1-15(2,3)19-14(18)16-11-13(17)10-9-12-7-5-4-6-8-12;1-3-2;1-2/h4-8H,9-11H2,1-3H3,(H,16,18);3H,1H2,2H3;2H,1H3. The van der Waals surface area contributed by atoms with Crippen molar-refractivity contribution in [1.82, 2.24) is 5.32 Å². The summed E-state index contributed by atoms with van der Waals surface area (Å²) in [5.41, 5.74) is 0.574. The van der Waals surface area contributed by atoms with E-state index in [4.69, 9.17) is 4.74 Å².